The monoisotopic (exact) mass is 377 g/mol. The molecule has 0 amide bonds. The highest BCUT2D eigenvalue weighted by molar-refractivity contribution is 7.80. The summed E-state index contributed by atoms with van der Waals surface area (Å²) in [5.41, 5.74) is 1.87. The zero-order valence-electron chi connectivity index (χ0n) is 12.4. The zero-order valence-corrected chi connectivity index (χ0v) is 14.7. The third-order valence-corrected chi connectivity index (χ3v) is 3.79. The van der Waals surface area contributed by atoms with Crippen LogP contribution in [-0.4, -0.2) is 19.9 Å². The lowest BCUT2D eigenvalue weighted by molar-refractivity contribution is 0.687. The Labute approximate surface area is 154 Å². The second-order valence-corrected chi connectivity index (χ2v) is 6.26. The molecule has 3 rings (SSSR count). The summed E-state index contributed by atoms with van der Waals surface area (Å²) < 4.78 is 1.71. The number of rotatable bonds is 4. The number of hydrogen-bond acceptors (Lipinski definition) is 3. The van der Waals surface area contributed by atoms with Crippen LogP contribution in [-0.2, 0) is 6.54 Å². The Bertz CT molecular complexity index is 848. The first-order chi connectivity index (χ1) is 11.6. The summed E-state index contributed by atoms with van der Waals surface area (Å²) in [5.74, 6) is 0.420. The van der Waals surface area contributed by atoms with Gasteiger partial charge in [-0.25, -0.2) is 9.67 Å². The molecule has 0 saturated carbocycles. The molecule has 0 saturated heterocycles. The van der Waals surface area contributed by atoms with Crippen molar-refractivity contribution in [2.24, 2.45) is 0 Å². The second-order valence-electron chi connectivity index (χ2n) is 4.98. The van der Waals surface area contributed by atoms with Crippen molar-refractivity contribution in [3.8, 4) is 0 Å². The van der Waals surface area contributed by atoms with Crippen LogP contribution in [0, 0.1) is 0 Å². The lowest BCUT2D eigenvalue weighted by Gasteiger charge is -2.07. The second kappa shape index (κ2) is 7.61. The van der Waals surface area contributed by atoms with Crippen LogP contribution in [0.4, 0.5) is 11.6 Å². The van der Waals surface area contributed by atoms with Crippen molar-refractivity contribution in [2.75, 3.05) is 10.6 Å². The number of nitrogens with zero attached hydrogens (tertiary/aromatic N) is 3. The molecule has 2 N–H and O–H groups in total. The van der Waals surface area contributed by atoms with Gasteiger partial charge in [-0.05, 0) is 54.2 Å². The Hall–Kier alpha value is -2.15. The first-order valence-electron chi connectivity index (χ1n) is 7.06. The molecular weight excluding hydrogens is 365 g/mol. The van der Waals surface area contributed by atoms with E-state index in [2.05, 4.69) is 20.7 Å². The van der Waals surface area contributed by atoms with Gasteiger partial charge in [0.1, 0.15) is 6.33 Å². The summed E-state index contributed by atoms with van der Waals surface area (Å²) in [5, 5.41) is 12.1. The molecule has 0 spiro atoms. The van der Waals surface area contributed by atoms with Crippen LogP contribution in [0.5, 0.6) is 0 Å². The molecule has 24 heavy (non-hydrogen) atoms. The standard InChI is InChI=1S/C16H13Cl2N5S/c17-12-4-6-14(7-5-12)20-16(24)21-15-19-10-23(22-15)9-11-2-1-3-13(18)8-11/h1-8,10H,9H2,(H2,20,21,22,24). The molecule has 0 aliphatic heterocycles. The van der Waals surface area contributed by atoms with E-state index in [0.29, 0.717) is 27.7 Å². The van der Waals surface area contributed by atoms with Gasteiger partial charge in [0.2, 0.25) is 5.95 Å². The first-order valence-corrected chi connectivity index (χ1v) is 8.22. The molecule has 0 aliphatic carbocycles. The van der Waals surface area contributed by atoms with Crippen molar-refractivity contribution in [2.45, 2.75) is 6.54 Å². The molecule has 0 unspecified atom stereocenters. The fourth-order valence-corrected chi connectivity index (χ4v) is 2.60. The summed E-state index contributed by atoms with van der Waals surface area (Å²) in [7, 11) is 0. The summed E-state index contributed by atoms with van der Waals surface area (Å²) in [4.78, 5) is 4.19. The third-order valence-electron chi connectivity index (χ3n) is 3.10. The third kappa shape index (κ3) is 4.67. The number of nitrogens with one attached hydrogen (secondary N) is 2. The molecule has 0 fully saturated rings. The highest BCUT2D eigenvalue weighted by Gasteiger charge is 2.05. The van der Waals surface area contributed by atoms with Gasteiger partial charge in [-0.2, -0.15) is 0 Å². The fraction of sp³-hybridized carbons (Fsp3) is 0.0625. The van der Waals surface area contributed by atoms with E-state index in [9.17, 15) is 0 Å². The summed E-state index contributed by atoms with van der Waals surface area (Å²) in [6.45, 7) is 0.576. The van der Waals surface area contributed by atoms with Crippen LogP contribution in [0.1, 0.15) is 5.56 Å². The number of aromatic nitrogens is 3. The predicted octanol–water partition coefficient (Wildman–Crippen LogP) is 4.44. The highest BCUT2D eigenvalue weighted by Crippen LogP contribution is 2.14. The molecule has 0 atom stereocenters. The maximum absolute atomic E-state index is 5.98. The van der Waals surface area contributed by atoms with Crippen molar-refractivity contribution in [3.63, 3.8) is 0 Å². The highest BCUT2D eigenvalue weighted by atomic mass is 35.5. The Morgan fingerprint density at radius 1 is 1.04 bits per heavy atom. The minimum absolute atomic E-state index is 0.401. The molecule has 122 valence electrons. The average Bonchev–Trinajstić information content (AvgIpc) is 2.96. The van der Waals surface area contributed by atoms with E-state index in [1.807, 2.05) is 36.4 Å². The zero-order chi connectivity index (χ0) is 16.9. The van der Waals surface area contributed by atoms with Crippen molar-refractivity contribution >= 4 is 52.2 Å². The van der Waals surface area contributed by atoms with Crippen LogP contribution in [0.3, 0.4) is 0 Å². The van der Waals surface area contributed by atoms with E-state index in [1.54, 1.807) is 23.1 Å². The van der Waals surface area contributed by atoms with Gasteiger partial charge in [-0.15, -0.1) is 5.10 Å². The summed E-state index contributed by atoms with van der Waals surface area (Å²) in [6, 6.07) is 14.8. The minimum Gasteiger partial charge on any atom is -0.332 e. The first kappa shape index (κ1) is 16.7. The molecule has 3 aromatic rings. The normalized spacial score (nSPS) is 10.4. The Morgan fingerprint density at radius 2 is 1.83 bits per heavy atom. The molecule has 0 aliphatic rings. The number of anilines is 2. The number of benzene rings is 2. The van der Waals surface area contributed by atoms with E-state index in [-0.39, 0.29) is 0 Å². The molecule has 0 bridgehead atoms. The van der Waals surface area contributed by atoms with Gasteiger partial charge >= 0.3 is 0 Å². The van der Waals surface area contributed by atoms with Crippen LogP contribution < -0.4 is 10.6 Å². The minimum atomic E-state index is 0.401. The van der Waals surface area contributed by atoms with Crippen molar-refractivity contribution in [3.05, 3.63) is 70.5 Å². The Kier molecular flexibility index (Phi) is 5.30. The smallest absolute Gasteiger partial charge is 0.248 e. The maximum atomic E-state index is 5.98. The lowest BCUT2D eigenvalue weighted by Crippen LogP contribution is -2.20. The van der Waals surface area contributed by atoms with E-state index in [1.165, 1.54) is 0 Å². The van der Waals surface area contributed by atoms with Crippen LogP contribution in [0.2, 0.25) is 10.0 Å². The predicted molar refractivity (Wildman–Crippen MR) is 102 cm³/mol. The maximum Gasteiger partial charge on any atom is 0.248 e. The fourth-order valence-electron chi connectivity index (χ4n) is 2.05. The van der Waals surface area contributed by atoms with E-state index in [4.69, 9.17) is 35.4 Å². The van der Waals surface area contributed by atoms with E-state index >= 15 is 0 Å². The van der Waals surface area contributed by atoms with Gasteiger partial charge < -0.3 is 5.32 Å². The largest absolute Gasteiger partial charge is 0.332 e. The number of thiocarbonyl (C=S) groups is 1. The lowest BCUT2D eigenvalue weighted by atomic mass is 10.2. The summed E-state index contributed by atoms with van der Waals surface area (Å²) in [6.07, 6.45) is 1.63. The molecule has 1 aromatic heterocycles. The van der Waals surface area contributed by atoms with Crippen molar-refractivity contribution in [1.29, 1.82) is 0 Å². The van der Waals surface area contributed by atoms with Crippen molar-refractivity contribution < 1.29 is 0 Å². The van der Waals surface area contributed by atoms with Crippen LogP contribution in [0.25, 0.3) is 0 Å². The molecular formula is C16H13Cl2N5S. The Morgan fingerprint density at radius 3 is 2.58 bits per heavy atom. The average molecular weight is 378 g/mol. The number of hydrogen-bond donors (Lipinski definition) is 2. The quantitative estimate of drug-likeness (QED) is 0.658. The molecule has 0 radical (unpaired) electrons. The van der Waals surface area contributed by atoms with E-state index < -0.39 is 0 Å². The van der Waals surface area contributed by atoms with Crippen LogP contribution >= 0.6 is 35.4 Å². The molecule has 1 heterocycles. The van der Waals surface area contributed by atoms with Crippen LogP contribution in [0.15, 0.2) is 54.9 Å². The van der Waals surface area contributed by atoms with Gasteiger partial charge in [0.25, 0.3) is 0 Å². The van der Waals surface area contributed by atoms with Gasteiger partial charge in [0.15, 0.2) is 5.11 Å². The van der Waals surface area contributed by atoms with Gasteiger partial charge in [0, 0.05) is 15.7 Å². The SMILES string of the molecule is S=C(Nc1ccc(Cl)cc1)Nc1ncn(Cc2cccc(Cl)c2)n1. The van der Waals surface area contributed by atoms with Gasteiger partial charge in [-0.1, -0.05) is 35.3 Å². The topological polar surface area (TPSA) is 54.8 Å². The molecule has 8 heteroatoms. The molecule has 5 nitrogen and oxygen atoms in total. The number of halogens is 2. The van der Waals surface area contributed by atoms with E-state index in [0.717, 1.165) is 11.3 Å². The summed E-state index contributed by atoms with van der Waals surface area (Å²) >= 11 is 17.1. The Balaban J connectivity index is 1.59. The van der Waals surface area contributed by atoms with Crippen molar-refractivity contribution in [1.82, 2.24) is 14.8 Å². The molecule has 2 aromatic carbocycles. The van der Waals surface area contributed by atoms with Gasteiger partial charge in [-0.3, -0.25) is 5.32 Å². The van der Waals surface area contributed by atoms with Gasteiger partial charge in [0.05, 0.1) is 6.54 Å².